The molecule has 6 nitrogen and oxygen atoms in total. The van der Waals surface area contributed by atoms with E-state index in [1.54, 1.807) is 6.26 Å². The average Bonchev–Trinajstić information content (AvgIpc) is 3.39. The number of hydrogen-bond acceptors (Lipinski definition) is 5. The van der Waals surface area contributed by atoms with Gasteiger partial charge < -0.3 is 9.73 Å². The third kappa shape index (κ3) is 4.31. The fourth-order valence-corrected chi connectivity index (χ4v) is 3.75. The molecule has 7 heteroatoms. The molecule has 0 bridgehead atoms. The molecule has 4 rings (SSSR count). The minimum absolute atomic E-state index is 0.0961. The molecule has 2 aromatic carbocycles. The Balaban J connectivity index is 1.55. The van der Waals surface area contributed by atoms with Crippen LogP contribution in [0.25, 0.3) is 17.3 Å². The molecule has 4 aromatic rings. The average molecular weight is 419 g/mol. The number of carbonyl (C=O) groups excluding carboxylic acids is 1. The molecule has 0 fully saturated rings. The van der Waals surface area contributed by atoms with Crippen LogP contribution >= 0.6 is 11.8 Å². The molecule has 0 unspecified atom stereocenters. The Hall–Kier alpha value is -3.32. The van der Waals surface area contributed by atoms with Crippen LogP contribution in [0.5, 0.6) is 0 Å². The number of thioether (sulfide) groups is 1. The molecular weight excluding hydrogens is 396 g/mol. The van der Waals surface area contributed by atoms with E-state index < -0.39 is 0 Å². The van der Waals surface area contributed by atoms with E-state index in [-0.39, 0.29) is 11.7 Å². The van der Waals surface area contributed by atoms with Crippen molar-refractivity contribution in [1.29, 1.82) is 0 Å². The minimum atomic E-state index is -0.0961. The number of benzene rings is 2. The van der Waals surface area contributed by atoms with E-state index in [1.165, 1.54) is 17.3 Å². The van der Waals surface area contributed by atoms with Crippen LogP contribution in [0.3, 0.4) is 0 Å². The van der Waals surface area contributed by atoms with Gasteiger partial charge in [-0.05, 0) is 68.3 Å². The fraction of sp³-hybridized carbons (Fsp3) is 0.174. The van der Waals surface area contributed by atoms with E-state index in [4.69, 9.17) is 4.42 Å². The summed E-state index contributed by atoms with van der Waals surface area (Å²) in [5, 5.41) is 12.2. The highest BCUT2D eigenvalue weighted by molar-refractivity contribution is 7.99. The molecular formula is C23H22N4O2S. The molecule has 0 atom stereocenters. The number of rotatable bonds is 6. The van der Waals surface area contributed by atoms with E-state index in [0.717, 1.165) is 22.5 Å². The van der Waals surface area contributed by atoms with Crippen molar-refractivity contribution in [2.24, 2.45) is 0 Å². The van der Waals surface area contributed by atoms with E-state index in [0.29, 0.717) is 16.7 Å². The van der Waals surface area contributed by atoms with E-state index in [2.05, 4.69) is 15.5 Å². The standard InChI is InChI=1S/C23H22N4O2S/c1-15-6-10-19(11-7-15)27-22(20-5-4-12-29-20)25-26-23(27)30-14-21(28)24-18-9-8-16(2)17(3)13-18/h4-13H,14H2,1-3H3,(H,24,28). The third-order valence-electron chi connectivity index (χ3n) is 4.79. The summed E-state index contributed by atoms with van der Waals surface area (Å²) in [6.07, 6.45) is 1.60. The SMILES string of the molecule is Cc1ccc(-n2c(SCC(=O)Nc3ccc(C)c(C)c3)nnc2-c2ccco2)cc1. The van der Waals surface area contributed by atoms with Crippen LogP contribution in [0.2, 0.25) is 0 Å². The van der Waals surface area contributed by atoms with Crippen molar-refractivity contribution in [2.45, 2.75) is 25.9 Å². The van der Waals surface area contributed by atoms with Gasteiger partial charge in [-0.3, -0.25) is 9.36 Å². The maximum absolute atomic E-state index is 12.5. The van der Waals surface area contributed by atoms with Gasteiger partial charge in [0.1, 0.15) is 0 Å². The lowest BCUT2D eigenvalue weighted by molar-refractivity contribution is -0.113. The van der Waals surface area contributed by atoms with Gasteiger partial charge in [-0.1, -0.05) is 35.5 Å². The molecule has 0 aliphatic carbocycles. The predicted octanol–water partition coefficient (Wildman–Crippen LogP) is 5.18. The maximum atomic E-state index is 12.5. The highest BCUT2D eigenvalue weighted by atomic mass is 32.2. The number of aromatic nitrogens is 3. The zero-order valence-corrected chi connectivity index (χ0v) is 17.9. The Morgan fingerprint density at radius 1 is 1.03 bits per heavy atom. The quantitative estimate of drug-likeness (QED) is 0.437. The summed E-state index contributed by atoms with van der Waals surface area (Å²) in [7, 11) is 0. The summed E-state index contributed by atoms with van der Waals surface area (Å²) >= 11 is 1.33. The van der Waals surface area contributed by atoms with Crippen molar-refractivity contribution in [1.82, 2.24) is 14.8 Å². The topological polar surface area (TPSA) is 73.0 Å². The monoisotopic (exact) mass is 418 g/mol. The molecule has 0 aliphatic heterocycles. The fourth-order valence-electron chi connectivity index (χ4n) is 3.00. The first-order chi connectivity index (χ1) is 14.5. The first-order valence-electron chi connectivity index (χ1n) is 9.57. The van der Waals surface area contributed by atoms with Gasteiger partial charge in [-0.2, -0.15) is 0 Å². The highest BCUT2D eigenvalue weighted by Crippen LogP contribution is 2.28. The third-order valence-corrected chi connectivity index (χ3v) is 5.72. The Morgan fingerprint density at radius 2 is 1.83 bits per heavy atom. The van der Waals surface area contributed by atoms with Gasteiger partial charge in [0.2, 0.25) is 11.7 Å². The number of furan rings is 1. The molecule has 0 radical (unpaired) electrons. The van der Waals surface area contributed by atoms with Gasteiger partial charge in [0.25, 0.3) is 0 Å². The smallest absolute Gasteiger partial charge is 0.234 e. The van der Waals surface area contributed by atoms with Gasteiger partial charge in [0.05, 0.1) is 12.0 Å². The summed E-state index contributed by atoms with van der Waals surface area (Å²) in [4.78, 5) is 12.5. The lowest BCUT2D eigenvalue weighted by Gasteiger charge is -2.10. The summed E-state index contributed by atoms with van der Waals surface area (Å²) in [6, 6.07) is 17.6. The molecule has 30 heavy (non-hydrogen) atoms. The summed E-state index contributed by atoms with van der Waals surface area (Å²) in [5.41, 5.74) is 5.20. The first-order valence-corrected chi connectivity index (χ1v) is 10.6. The Morgan fingerprint density at radius 3 is 2.53 bits per heavy atom. The van der Waals surface area contributed by atoms with Gasteiger partial charge in [-0.15, -0.1) is 10.2 Å². The molecule has 2 aromatic heterocycles. The zero-order valence-electron chi connectivity index (χ0n) is 17.0. The predicted molar refractivity (Wildman–Crippen MR) is 119 cm³/mol. The van der Waals surface area contributed by atoms with Gasteiger partial charge >= 0.3 is 0 Å². The van der Waals surface area contributed by atoms with E-state index in [1.807, 2.05) is 79.9 Å². The van der Waals surface area contributed by atoms with Crippen molar-refractivity contribution >= 4 is 23.4 Å². The molecule has 2 heterocycles. The summed E-state index contributed by atoms with van der Waals surface area (Å²) < 4.78 is 7.44. The van der Waals surface area contributed by atoms with Crippen molar-refractivity contribution in [3.8, 4) is 17.3 Å². The second-order valence-corrected chi connectivity index (χ2v) is 8.03. The maximum Gasteiger partial charge on any atom is 0.234 e. The van der Waals surface area contributed by atoms with Crippen LogP contribution in [0, 0.1) is 20.8 Å². The summed E-state index contributed by atoms with van der Waals surface area (Å²) in [6.45, 7) is 6.11. The van der Waals surface area contributed by atoms with Gasteiger partial charge in [0.15, 0.2) is 10.9 Å². The summed E-state index contributed by atoms with van der Waals surface area (Å²) in [5.74, 6) is 1.34. The lowest BCUT2D eigenvalue weighted by atomic mass is 10.1. The van der Waals surface area contributed by atoms with Crippen LogP contribution < -0.4 is 5.32 Å². The van der Waals surface area contributed by atoms with E-state index in [9.17, 15) is 4.79 Å². The number of amides is 1. The Bertz CT molecular complexity index is 1160. The molecule has 152 valence electrons. The van der Waals surface area contributed by atoms with E-state index >= 15 is 0 Å². The van der Waals surface area contributed by atoms with Gasteiger partial charge in [0, 0.05) is 11.4 Å². The molecule has 0 saturated heterocycles. The molecule has 1 amide bonds. The number of anilines is 1. The molecule has 0 saturated carbocycles. The van der Waals surface area contributed by atoms with Gasteiger partial charge in [-0.25, -0.2) is 0 Å². The molecule has 1 N–H and O–H groups in total. The number of nitrogens with zero attached hydrogens (tertiary/aromatic N) is 3. The van der Waals surface area contributed by atoms with Crippen molar-refractivity contribution in [2.75, 3.05) is 11.1 Å². The van der Waals surface area contributed by atoms with Crippen LogP contribution in [0.1, 0.15) is 16.7 Å². The normalized spacial score (nSPS) is 10.9. The molecule has 0 aliphatic rings. The minimum Gasteiger partial charge on any atom is -0.461 e. The number of aryl methyl sites for hydroxylation is 3. The molecule has 0 spiro atoms. The van der Waals surface area contributed by atoms with Crippen LogP contribution in [-0.2, 0) is 4.79 Å². The van der Waals surface area contributed by atoms with Crippen molar-refractivity contribution < 1.29 is 9.21 Å². The lowest BCUT2D eigenvalue weighted by Crippen LogP contribution is -2.14. The second-order valence-electron chi connectivity index (χ2n) is 7.09. The Kier molecular flexibility index (Phi) is 5.72. The highest BCUT2D eigenvalue weighted by Gasteiger charge is 2.19. The van der Waals surface area contributed by atoms with Crippen molar-refractivity contribution in [3.05, 3.63) is 77.6 Å². The van der Waals surface area contributed by atoms with Crippen LogP contribution in [0.15, 0.2) is 70.4 Å². The Labute approximate surface area is 179 Å². The number of nitrogens with one attached hydrogen (secondary N) is 1. The number of hydrogen-bond donors (Lipinski definition) is 1. The number of carbonyl (C=O) groups is 1. The van der Waals surface area contributed by atoms with Crippen molar-refractivity contribution in [3.63, 3.8) is 0 Å². The first kappa shape index (κ1) is 20.0. The zero-order chi connectivity index (χ0) is 21.1. The second kappa shape index (κ2) is 8.59. The largest absolute Gasteiger partial charge is 0.461 e. The van der Waals surface area contributed by atoms with Crippen LogP contribution in [-0.4, -0.2) is 26.4 Å². The van der Waals surface area contributed by atoms with Crippen LogP contribution in [0.4, 0.5) is 5.69 Å².